The Kier molecular flexibility index (Phi) is 9.02. The average Bonchev–Trinajstić information content (AvgIpc) is 2.25. The van der Waals surface area contributed by atoms with Crippen molar-refractivity contribution in [2.45, 2.75) is 84.3 Å². The number of carbonyl (C=O) groups is 1. The predicted octanol–water partition coefficient (Wildman–Crippen LogP) is 3.43. The van der Waals surface area contributed by atoms with Gasteiger partial charge < -0.3 is 9.94 Å². The van der Waals surface area contributed by atoms with E-state index in [9.17, 15) is 4.79 Å². The molecule has 1 unspecified atom stereocenters. The lowest BCUT2D eigenvalue weighted by molar-refractivity contribution is -0.160. The maximum atomic E-state index is 11.7. The van der Waals surface area contributed by atoms with E-state index in [1.54, 1.807) is 0 Å². The zero-order chi connectivity index (χ0) is 14.0. The van der Waals surface area contributed by atoms with Gasteiger partial charge in [0, 0.05) is 0 Å². The molecule has 0 aliphatic heterocycles. The Morgan fingerprint density at radius 1 is 1.17 bits per heavy atom. The van der Waals surface area contributed by atoms with Gasteiger partial charge >= 0.3 is 5.97 Å². The summed E-state index contributed by atoms with van der Waals surface area (Å²) in [6.45, 7) is 7.66. The lowest BCUT2D eigenvalue weighted by atomic mass is 10.1. The highest BCUT2D eigenvalue weighted by Gasteiger charge is 2.24. The Labute approximate surface area is 111 Å². The molecule has 0 saturated carbocycles. The second kappa shape index (κ2) is 9.34. The van der Waals surface area contributed by atoms with Crippen LogP contribution in [0, 0.1) is 0 Å². The molecule has 4 nitrogen and oxygen atoms in total. The topological polar surface area (TPSA) is 58.6 Å². The molecule has 0 bridgehead atoms. The van der Waals surface area contributed by atoms with Gasteiger partial charge in [-0.05, 0) is 27.2 Å². The first-order valence-electron chi connectivity index (χ1n) is 7.03. The molecule has 0 heterocycles. The summed E-state index contributed by atoms with van der Waals surface area (Å²) >= 11 is 0. The standard InChI is InChI=1S/C14H29NO3/c1-5-6-7-8-9-10-11-12(15-17)13(16)18-14(2,3)4/h12,15,17H,5-11H2,1-4H3. The molecule has 0 saturated heterocycles. The van der Waals surface area contributed by atoms with Crippen LogP contribution in [-0.2, 0) is 9.53 Å². The Morgan fingerprint density at radius 3 is 2.22 bits per heavy atom. The van der Waals surface area contributed by atoms with Crippen LogP contribution in [0.3, 0.4) is 0 Å². The number of unbranched alkanes of at least 4 members (excludes halogenated alkanes) is 5. The molecule has 2 N–H and O–H groups in total. The SMILES string of the molecule is CCCCCCCCC(NO)C(=O)OC(C)(C)C. The van der Waals surface area contributed by atoms with Gasteiger partial charge in [-0.3, -0.25) is 4.79 Å². The fourth-order valence-corrected chi connectivity index (χ4v) is 1.74. The molecule has 0 spiro atoms. The fraction of sp³-hybridized carbons (Fsp3) is 0.929. The van der Waals surface area contributed by atoms with Crippen LogP contribution >= 0.6 is 0 Å². The van der Waals surface area contributed by atoms with Crippen LogP contribution < -0.4 is 5.48 Å². The molecule has 108 valence electrons. The zero-order valence-corrected chi connectivity index (χ0v) is 12.3. The quantitative estimate of drug-likeness (QED) is 0.378. The minimum Gasteiger partial charge on any atom is -0.459 e. The molecule has 1 atom stereocenters. The molecule has 4 heteroatoms. The largest absolute Gasteiger partial charge is 0.459 e. The van der Waals surface area contributed by atoms with Gasteiger partial charge in [-0.25, -0.2) is 0 Å². The second-order valence-electron chi connectivity index (χ2n) is 5.77. The molecule has 0 aromatic carbocycles. The van der Waals surface area contributed by atoms with Gasteiger partial charge in [-0.1, -0.05) is 45.4 Å². The van der Waals surface area contributed by atoms with Crippen molar-refractivity contribution < 1.29 is 14.7 Å². The summed E-state index contributed by atoms with van der Waals surface area (Å²) in [5.74, 6) is -0.376. The molecule has 0 amide bonds. The molecule has 18 heavy (non-hydrogen) atoms. The molecule has 0 rings (SSSR count). The summed E-state index contributed by atoms with van der Waals surface area (Å²) in [6.07, 6.45) is 7.60. The average molecular weight is 259 g/mol. The van der Waals surface area contributed by atoms with Crippen molar-refractivity contribution in [3.8, 4) is 0 Å². The monoisotopic (exact) mass is 259 g/mol. The minimum atomic E-state index is -0.601. The number of esters is 1. The predicted molar refractivity (Wildman–Crippen MR) is 72.5 cm³/mol. The Bertz CT molecular complexity index is 224. The van der Waals surface area contributed by atoms with E-state index in [1.165, 1.54) is 25.7 Å². The maximum Gasteiger partial charge on any atom is 0.325 e. The zero-order valence-electron chi connectivity index (χ0n) is 12.3. The summed E-state index contributed by atoms with van der Waals surface area (Å²) in [5, 5.41) is 8.98. The molecule has 0 aromatic rings. The van der Waals surface area contributed by atoms with Gasteiger partial charge in [0.25, 0.3) is 0 Å². The second-order valence-corrected chi connectivity index (χ2v) is 5.77. The summed E-state index contributed by atoms with van der Waals surface area (Å²) in [7, 11) is 0. The van der Waals surface area contributed by atoms with E-state index in [4.69, 9.17) is 9.94 Å². The van der Waals surface area contributed by atoms with Crippen molar-refractivity contribution in [1.82, 2.24) is 5.48 Å². The number of nitrogens with one attached hydrogen (secondary N) is 1. The van der Waals surface area contributed by atoms with E-state index < -0.39 is 11.6 Å². The van der Waals surface area contributed by atoms with E-state index in [0.717, 1.165) is 12.8 Å². The number of hydrogen-bond acceptors (Lipinski definition) is 4. The van der Waals surface area contributed by atoms with Gasteiger partial charge in [0.1, 0.15) is 11.6 Å². The minimum absolute atomic E-state index is 0.376. The van der Waals surface area contributed by atoms with Gasteiger partial charge in [0.15, 0.2) is 0 Å². The molecule has 0 aliphatic rings. The smallest absolute Gasteiger partial charge is 0.325 e. The Balaban J connectivity index is 3.79. The molecular formula is C14H29NO3. The summed E-state index contributed by atoms with van der Waals surface area (Å²) in [5.41, 5.74) is 1.55. The van der Waals surface area contributed by atoms with E-state index >= 15 is 0 Å². The van der Waals surface area contributed by atoms with Crippen molar-refractivity contribution >= 4 is 5.97 Å². The van der Waals surface area contributed by atoms with Crippen LogP contribution in [0.2, 0.25) is 0 Å². The van der Waals surface area contributed by atoms with Gasteiger partial charge in [-0.2, -0.15) is 5.48 Å². The highest BCUT2D eigenvalue weighted by molar-refractivity contribution is 5.75. The van der Waals surface area contributed by atoms with Gasteiger partial charge in [0.2, 0.25) is 0 Å². The first-order valence-corrected chi connectivity index (χ1v) is 7.03. The van der Waals surface area contributed by atoms with Crippen molar-refractivity contribution in [2.24, 2.45) is 0 Å². The van der Waals surface area contributed by atoms with E-state index in [0.29, 0.717) is 6.42 Å². The molecule has 0 fully saturated rings. The first-order chi connectivity index (χ1) is 8.40. The third kappa shape index (κ3) is 9.42. The van der Waals surface area contributed by atoms with Gasteiger partial charge in [0.05, 0.1) is 0 Å². The molecule has 0 aliphatic carbocycles. The van der Waals surface area contributed by atoms with Crippen LogP contribution in [0.4, 0.5) is 0 Å². The lowest BCUT2D eigenvalue weighted by Gasteiger charge is -2.23. The normalized spacial score (nSPS) is 13.4. The van der Waals surface area contributed by atoms with Crippen LogP contribution in [0.1, 0.15) is 72.6 Å². The van der Waals surface area contributed by atoms with Crippen LogP contribution in [-0.4, -0.2) is 22.8 Å². The number of carbonyl (C=O) groups excluding carboxylic acids is 1. The van der Waals surface area contributed by atoms with Crippen molar-refractivity contribution in [3.63, 3.8) is 0 Å². The third-order valence-electron chi connectivity index (χ3n) is 2.69. The first kappa shape index (κ1) is 17.4. The van der Waals surface area contributed by atoms with E-state index in [1.807, 2.05) is 20.8 Å². The van der Waals surface area contributed by atoms with Crippen LogP contribution in [0.15, 0.2) is 0 Å². The fourth-order valence-electron chi connectivity index (χ4n) is 1.74. The summed E-state index contributed by atoms with van der Waals surface area (Å²) in [6, 6.07) is -0.601. The molecule has 0 aromatic heterocycles. The van der Waals surface area contributed by atoms with E-state index in [2.05, 4.69) is 12.4 Å². The summed E-state index contributed by atoms with van der Waals surface area (Å²) < 4.78 is 5.22. The van der Waals surface area contributed by atoms with Crippen LogP contribution in [0.5, 0.6) is 0 Å². The van der Waals surface area contributed by atoms with Crippen molar-refractivity contribution in [3.05, 3.63) is 0 Å². The van der Waals surface area contributed by atoms with Crippen molar-refractivity contribution in [2.75, 3.05) is 0 Å². The Hall–Kier alpha value is -0.610. The highest BCUT2D eigenvalue weighted by atomic mass is 16.6. The molecule has 0 radical (unpaired) electrons. The number of hydrogen-bond donors (Lipinski definition) is 2. The highest BCUT2D eigenvalue weighted by Crippen LogP contribution is 2.13. The Morgan fingerprint density at radius 2 is 1.72 bits per heavy atom. The summed E-state index contributed by atoms with van der Waals surface area (Å²) in [4.78, 5) is 11.7. The van der Waals surface area contributed by atoms with Crippen LogP contribution in [0.25, 0.3) is 0 Å². The maximum absolute atomic E-state index is 11.7. The van der Waals surface area contributed by atoms with Crippen molar-refractivity contribution in [1.29, 1.82) is 0 Å². The number of hydroxylamine groups is 1. The lowest BCUT2D eigenvalue weighted by Crippen LogP contribution is -2.39. The number of rotatable bonds is 9. The number of ether oxygens (including phenoxy) is 1. The third-order valence-corrected chi connectivity index (χ3v) is 2.69. The van der Waals surface area contributed by atoms with Gasteiger partial charge in [-0.15, -0.1) is 0 Å². The molecular weight excluding hydrogens is 230 g/mol. The van der Waals surface area contributed by atoms with E-state index in [-0.39, 0.29) is 5.97 Å².